The SMILES string of the molecule is CC1(C)OC[C@H](COc2ccc(C#Cc3ccc(O)c(F)c3)cc2)O1. The predicted octanol–water partition coefficient (Wildman–Crippen LogP) is 3.46. The van der Waals surface area contributed by atoms with Crippen LogP contribution < -0.4 is 4.74 Å². The van der Waals surface area contributed by atoms with Crippen LogP contribution in [0.1, 0.15) is 25.0 Å². The Morgan fingerprint density at radius 1 is 1.16 bits per heavy atom. The van der Waals surface area contributed by atoms with Crippen molar-refractivity contribution in [3.63, 3.8) is 0 Å². The summed E-state index contributed by atoms with van der Waals surface area (Å²) in [6, 6.07) is 11.3. The van der Waals surface area contributed by atoms with Crippen LogP contribution in [0.15, 0.2) is 42.5 Å². The molecule has 2 aromatic carbocycles. The summed E-state index contributed by atoms with van der Waals surface area (Å²) in [6.45, 7) is 4.68. The molecule has 0 aliphatic carbocycles. The molecule has 5 heteroatoms. The molecule has 0 bridgehead atoms. The Morgan fingerprint density at radius 2 is 1.84 bits per heavy atom. The monoisotopic (exact) mass is 342 g/mol. The van der Waals surface area contributed by atoms with E-state index < -0.39 is 11.6 Å². The summed E-state index contributed by atoms with van der Waals surface area (Å²) in [5.74, 6) is 4.90. The Hall–Kier alpha value is -2.55. The maximum absolute atomic E-state index is 13.3. The lowest BCUT2D eigenvalue weighted by Crippen LogP contribution is -2.25. The van der Waals surface area contributed by atoms with Crippen molar-refractivity contribution < 1.29 is 23.7 Å². The zero-order valence-electron chi connectivity index (χ0n) is 14.1. The van der Waals surface area contributed by atoms with Crippen LogP contribution >= 0.6 is 0 Å². The average Bonchev–Trinajstić information content (AvgIpc) is 2.94. The highest BCUT2D eigenvalue weighted by Gasteiger charge is 2.32. The van der Waals surface area contributed by atoms with E-state index in [1.165, 1.54) is 12.1 Å². The summed E-state index contributed by atoms with van der Waals surface area (Å²) in [5.41, 5.74) is 1.28. The van der Waals surface area contributed by atoms with Crippen LogP contribution in [0.3, 0.4) is 0 Å². The fourth-order valence-electron chi connectivity index (χ4n) is 2.40. The van der Waals surface area contributed by atoms with Crippen molar-refractivity contribution in [3.8, 4) is 23.3 Å². The van der Waals surface area contributed by atoms with Crippen LogP contribution in [0.5, 0.6) is 11.5 Å². The van der Waals surface area contributed by atoms with Gasteiger partial charge >= 0.3 is 0 Å². The molecule has 25 heavy (non-hydrogen) atoms. The lowest BCUT2D eigenvalue weighted by atomic mass is 10.1. The van der Waals surface area contributed by atoms with Gasteiger partial charge in [-0.3, -0.25) is 0 Å². The van der Waals surface area contributed by atoms with E-state index in [0.29, 0.717) is 18.8 Å². The summed E-state index contributed by atoms with van der Waals surface area (Å²) in [4.78, 5) is 0. The number of hydrogen-bond donors (Lipinski definition) is 1. The molecule has 0 saturated carbocycles. The number of aromatic hydroxyl groups is 1. The molecule has 1 atom stereocenters. The van der Waals surface area contributed by atoms with Crippen LogP contribution in [0.25, 0.3) is 0 Å². The number of rotatable bonds is 3. The van der Waals surface area contributed by atoms with Crippen LogP contribution in [0.2, 0.25) is 0 Å². The quantitative estimate of drug-likeness (QED) is 0.868. The zero-order chi connectivity index (χ0) is 17.9. The van der Waals surface area contributed by atoms with Crippen LogP contribution in [0.4, 0.5) is 4.39 Å². The smallest absolute Gasteiger partial charge is 0.166 e. The van der Waals surface area contributed by atoms with Gasteiger partial charge in [0.15, 0.2) is 17.4 Å². The van der Waals surface area contributed by atoms with Gasteiger partial charge in [-0.25, -0.2) is 4.39 Å². The van der Waals surface area contributed by atoms with Gasteiger partial charge in [0.1, 0.15) is 18.5 Å². The summed E-state index contributed by atoms with van der Waals surface area (Å²) < 4.78 is 30.1. The Kier molecular flexibility index (Phi) is 4.93. The number of benzene rings is 2. The van der Waals surface area contributed by atoms with Gasteiger partial charge in [-0.1, -0.05) is 11.8 Å². The second kappa shape index (κ2) is 7.14. The molecule has 0 amide bonds. The van der Waals surface area contributed by atoms with Gasteiger partial charge in [0, 0.05) is 11.1 Å². The minimum atomic E-state index is -0.683. The first-order valence-corrected chi connectivity index (χ1v) is 7.96. The first-order valence-electron chi connectivity index (χ1n) is 7.96. The predicted molar refractivity (Wildman–Crippen MR) is 90.9 cm³/mol. The highest BCUT2D eigenvalue weighted by Crippen LogP contribution is 2.23. The van der Waals surface area contributed by atoms with Crippen molar-refractivity contribution in [1.82, 2.24) is 0 Å². The lowest BCUT2D eigenvalue weighted by Gasteiger charge is -2.17. The summed E-state index contributed by atoms with van der Waals surface area (Å²) in [7, 11) is 0. The van der Waals surface area contributed by atoms with Crippen LogP contribution in [0, 0.1) is 17.7 Å². The normalized spacial score (nSPS) is 18.4. The van der Waals surface area contributed by atoms with Gasteiger partial charge in [-0.05, 0) is 56.3 Å². The molecule has 1 N–H and O–H groups in total. The maximum Gasteiger partial charge on any atom is 0.166 e. The van der Waals surface area contributed by atoms with E-state index in [4.69, 9.17) is 19.3 Å². The molecule has 0 unspecified atom stereocenters. The Morgan fingerprint density at radius 3 is 2.48 bits per heavy atom. The maximum atomic E-state index is 13.3. The average molecular weight is 342 g/mol. The summed E-state index contributed by atoms with van der Waals surface area (Å²) in [6.07, 6.45) is -0.0844. The highest BCUT2D eigenvalue weighted by atomic mass is 19.1. The summed E-state index contributed by atoms with van der Waals surface area (Å²) in [5, 5.41) is 9.16. The van der Waals surface area contributed by atoms with Gasteiger partial charge in [-0.2, -0.15) is 0 Å². The largest absolute Gasteiger partial charge is 0.505 e. The van der Waals surface area contributed by atoms with E-state index >= 15 is 0 Å². The van der Waals surface area contributed by atoms with E-state index in [2.05, 4.69) is 11.8 Å². The second-order valence-electron chi connectivity index (χ2n) is 6.20. The molecule has 2 aromatic rings. The Labute approximate surface area is 146 Å². The fraction of sp³-hybridized carbons (Fsp3) is 0.300. The molecule has 1 heterocycles. The first-order chi connectivity index (χ1) is 11.9. The molecule has 1 aliphatic rings. The fourth-order valence-corrected chi connectivity index (χ4v) is 2.40. The molecule has 1 aliphatic heterocycles. The van der Waals surface area contributed by atoms with Gasteiger partial charge in [0.2, 0.25) is 0 Å². The van der Waals surface area contributed by atoms with E-state index in [0.717, 1.165) is 11.3 Å². The van der Waals surface area contributed by atoms with Gasteiger partial charge < -0.3 is 19.3 Å². The molecule has 0 spiro atoms. The van der Waals surface area contributed by atoms with E-state index in [1.54, 1.807) is 6.07 Å². The lowest BCUT2D eigenvalue weighted by molar-refractivity contribution is -0.141. The Bertz CT molecular complexity index is 803. The summed E-state index contributed by atoms with van der Waals surface area (Å²) >= 11 is 0. The number of phenolic OH excluding ortho intramolecular Hbond substituents is 1. The number of ether oxygens (including phenoxy) is 3. The van der Waals surface area contributed by atoms with Crippen molar-refractivity contribution in [1.29, 1.82) is 0 Å². The van der Waals surface area contributed by atoms with Gasteiger partial charge in [-0.15, -0.1) is 0 Å². The zero-order valence-corrected chi connectivity index (χ0v) is 14.1. The van der Waals surface area contributed by atoms with Crippen molar-refractivity contribution in [2.75, 3.05) is 13.2 Å². The van der Waals surface area contributed by atoms with E-state index in [-0.39, 0.29) is 11.9 Å². The minimum absolute atomic E-state index is 0.0844. The molecule has 0 aromatic heterocycles. The standard InChI is InChI=1S/C20H19FO4/c1-20(2)24-13-17(25-20)12-23-16-8-5-14(6-9-16)3-4-15-7-10-19(22)18(21)11-15/h5-11,17,22H,12-13H2,1-2H3/t17-/m0/s1. The minimum Gasteiger partial charge on any atom is -0.505 e. The second-order valence-corrected chi connectivity index (χ2v) is 6.20. The molecule has 0 radical (unpaired) electrons. The van der Waals surface area contributed by atoms with Crippen LogP contribution in [-0.2, 0) is 9.47 Å². The molecular weight excluding hydrogens is 323 g/mol. The number of halogens is 1. The third-order valence-electron chi connectivity index (χ3n) is 3.66. The van der Waals surface area contributed by atoms with Crippen molar-refractivity contribution in [2.45, 2.75) is 25.7 Å². The molecular formula is C20H19FO4. The first kappa shape index (κ1) is 17.3. The molecule has 4 nitrogen and oxygen atoms in total. The molecule has 1 fully saturated rings. The van der Waals surface area contributed by atoms with Crippen molar-refractivity contribution in [3.05, 3.63) is 59.4 Å². The van der Waals surface area contributed by atoms with Gasteiger partial charge in [0.25, 0.3) is 0 Å². The van der Waals surface area contributed by atoms with E-state index in [1.807, 2.05) is 38.1 Å². The molecule has 130 valence electrons. The van der Waals surface area contributed by atoms with E-state index in [9.17, 15) is 4.39 Å². The number of hydrogen-bond acceptors (Lipinski definition) is 4. The number of phenols is 1. The van der Waals surface area contributed by atoms with Crippen molar-refractivity contribution >= 4 is 0 Å². The third kappa shape index (κ3) is 4.72. The van der Waals surface area contributed by atoms with Crippen LogP contribution in [-0.4, -0.2) is 30.2 Å². The highest BCUT2D eigenvalue weighted by molar-refractivity contribution is 5.45. The Balaban J connectivity index is 1.57. The molecule has 3 rings (SSSR count). The molecule has 1 saturated heterocycles. The topological polar surface area (TPSA) is 47.9 Å². The van der Waals surface area contributed by atoms with Crippen molar-refractivity contribution in [2.24, 2.45) is 0 Å². The third-order valence-corrected chi connectivity index (χ3v) is 3.66. The van der Waals surface area contributed by atoms with Gasteiger partial charge in [0.05, 0.1) is 6.61 Å².